The first kappa shape index (κ1) is 11.7. The lowest BCUT2D eigenvalue weighted by atomic mass is 9.94. The summed E-state index contributed by atoms with van der Waals surface area (Å²) in [5.41, 5.74) is 12.2. The Labute approximate surface area is 103 Å². The highest BCUT2D eigenvalue weighted by molar-refractivity contribution is 5.80. The molecule has 0 aliphatic rings. The number of hydrogen-bond acceptors (Lipinski definition) is 1. The Hall–Kier alpha value is -1.76. The molecule has 0 unspecified atom stereocenters. The van der Waals surface area contributed by atoms with E-state index < -0.39 is 0 Å². The number of nitrogens with two attached hydrogens (primary N) is 1. The molecule has 2 N–H and O–H groups in total. The van der Waals surface area contributed by atoms with Gasteiger partial charge in [-0.3, -0.25) is 0 Å². The molecule has 0 saturated carbocycles. The molecule has 0 amide bonds. The van der Waals surface area contributed by atoms with Crippen molar-refractivity contribution in [2.24, 2.45) is 0 Å². The van der Waals surface area contributed by atoms with Crippen molar-refractivity contribution < 1.29 is 0 Å². The molecular formula is C16H19N. The van der Waals surface area contributed by atoms with E-state index >= 15 is 0 Å². The second-order valence-corrected chi connectivity index (χ2v) is 4.24. The van der Waals surface area contributed by atoms with Gasteiger partial charge in [-0.15, -0.1) is 0 Å². The molecule has 0 aromatic heterocycles. The first-order valence-electron chi connectivity index (χ1n) is 6.23. The van der Waals surface area contributed by atoms with Gasteiger partial charge in [0.05, 0.1) is 0 Å². The molecular weight excluding hydrogens is 206 g/mol. The summed E-state index contributed by atoms with van der Waals surface area (Å²) in [7, 11) is 0. The summed E-state index contributed by atoms with van der Waals surface area (Å²) < 4.78 is 0. The van der Waals surface area contributed by atoms with Crippen LogP contribution in [0, 0.1) is 0 Å². The number of hydrogen-bond donors (Lipinski definition) is 1. The van der Waals surface area contributed by atoms with E-state index in [0.717, 1.165) is 18.5 Å². The first-order chi connectivity index (χ1) is 8.27. The minimum Gasteiger partial charge on any atom is -0.398 e. The summed E-state index contributed by atoms with van der Waals surface area (Å²) in [6.07, 6.45) is 2.01. The van der Waals surface area contributed by atoms with Crippen LogP contribution in [0.25, 0.3) is 11.1 Å². The maximum Gasteiger partial charge on any atom is 0.0426 e. The Balaban J connectivity index is 2.60. The van der Waals surface area contributed by atoms with E-state index in [-0.39, 0.29) is 0 Å². The van der Waals surface area contributed by atoms with Gasteiger partial charge in [-0.25, -0.2) is 0 Å². The largest absolute Gasteiger partial charge is 0.398 e. The van der Waals surface area contributed by atoms with Crippen molar-refractivity contribution in [2.75, 3.05) is 5.73 Å². The van der Waals surface area contributed by atoms with Gasteiger partial charge in [0.2, 0.25) is 0 Å². The predicted molar refractivity (Wildman–Crippen MR) is 75.0 cm³/mol. The van der Waals surface area contributed by atoms with Crippen LogP contribution in [0.5, 0.6) is 0 Å². The van der Waals surface area contributed by atoms with Gasteiger partial charge in [0, 0.05) is 11.3 Å². The average molecular weight is 225 g/mol. The Morgan fingerprint density at radius 2 is 1.35 bits per heavy atom. The zero-order chi connectivity index (χ0) is 12.3. The zero-order valence-electron chi connectivity index (χ0n) is 10.5. The Morgan fingerprint density at radius 3 is 2.06 bits per heavy atom. The summed E-state index contributed by atoms with van der Waals surface area (Å²) in [6.45, 7) is 4.32. The highest BCUT2D eigenvalue weighted by Crippen LogP contribution is 2.31. The Morgan fingerprint density at radius 1 is 0.765 bits per heavy atom. The number of aryl methyl sites for hydroxylation is 2. The minimum atomic E-state index is 0.927. The van der Waals surface area contributed by atoms with Crippen LogP contribution in [0.4, 0.5) is 5.69 Å². The molecule has 0 heterocycles. The molecule has 0 aliphatic heterocycles. The van der Waals surface area contributed by atoms with Crippen LogP contribution in [0.3, 0.4) is 0 Å². The second kappa shape index (κ2) is 5.05. The van der Waals surface area contributed by atoms with Crippen molar-refractivity contribution in [1.29, 1.82) is 0 Å². The quantitative estimate of drug-likeness (QED) is 0.783. The summed E-state index contributed by atoms with van der Waals surface area (Å²) in [4.78, 5) is 0. The van der Waals surface area contributed by atoms with Gasteiger partial charge in [0.1, 0.15) is 0 Å². The highest BCUT2D eigenvalue weighted by atomic mass is 14.6. The second-order valence-electron chi connectivity index (χ2n) is 4.24. The van der Waals surface area contributed by atoms with Gasteiger partial charge in [0.25, 0.3) is 0 Å². The Bertz CT molecular complexity index is 515. The lowest BCUT2D eigenvalue weighted by Gasteiger charge is -2.13. The van der Waals surface area contributed by atoms with Crippen LogP contribution in [-0.2, 0) is 12.8 Å². The number of nitrogen functional groups attached to an aromatic ring is 1. The van der Waals surface area contributed by atoms with E-state index in [0.29, 0.717) is 0 Å². The predicted octanol–water partition coefficient (Wildman–Crippen LogP) is 4.06. The topological polar surface area (TPSA) is 26.0 Å². The molecule has 2 rings (SSSR count). The lowest BCUT2D eigenvalue weighted by Crippen LogP contribution is -1.97. The fourth-order valence-corrected chi connectivity index (χ4v) is 2.25. The van der Waals surface area contributed by atoms with Crippen LogP contribution in [0.1, 0.15) is 25.0 Å². The maximum atomic E-state index is 6.25. The molecule has 0 radical (unpaired) electrons. The number of anilines is 1. The van der Waals surface area contributed by atoms with E-state index in [1.54, 1.807) is 0 Å². The van der Waals surface area contributed by atoms with Crippen molar-refractivity contribution in [2.45, 2.75) is 26.7 Å². The third kappa shape index (κ3) is 2.19. The van der Waals surface area contributed by atoms with Crippen LogP contribution in [0.2, 0.25) is 0 Å². The van der Waals surface area contributed by atoms with Gasteiger partial charge < -0.3 is 5.73 Å². The molecule has 2 aromatic carbocycles. The molecule has 1 heteroatoms. The summed E-state index contributed by atoms with van der Waals surface area (Å²) in [5, 5.41) is 0. The fourth-order valence-electron chi connectivity index (χ4n) is 2.25. The SMILES string of the molecule is CCc1ccccc1-c1cccc(CC)c1N. The molecule has 17 heavy (non-hydrogen) atoms. The van der Waals surface area contributed by atoms with Crippen molar-refractivity contribution in [3.63, 3.8) is 0 Å². The lowest BCUT2D eigenvalue weighted by molar-refractivity contribution is 1.13. The molecule has 1 nitrogen and oxygen atoms in total. The molecule has 0 saturated heterocycles. The average Bonchev–Trinajstić information content (AvgIpc) is 2.39. The van der Waals surface area contributed by atoms with Crippen LogP contribution >= 0.6 is 0 Å². The van der Waals surface area contributed by atoms with Crippen molar-refractivity contribution in [3.05, 3.63) is 53.6 Å². The van der Waals surface area contributed by atoms with E-state index in [4.69, 9.17) is 5.73 Å². The maximum absolute atomic E-state index is 6.25. The highest BCUT2D eigenvalue weighted by Gasteiger charge is 2.08. The van der Waals surface area contributed by atoms with Gasteiger partial charge in [0.15, 0.2) is 0 Å². The van der Waals surface area contributed by atoms with Gasteiger partial charge >= 0.3 is 0 Å². The monoisotopic (exact) mass is 225 g/mol. The van der Waals surface area contributed by atoms with Crippen LogP contribution in [0.15, 0.2) is 42.5 Å². The summed E-state index contributed by atoms with van der Waals surface area (Å²) in [6, 6.07) is 14.8. The third-order valence-corrected chi connectivity index (χ3v) is 3.27. The molecule has 0 aliphatic carbocycles. The van der Waals surface area contributed by atoms with E-state index in [1.165, 1.54) is 22.3 Å². The number of benzene rings is 2. The van der Waals surface area contributed by atoms with E-state index in [1.807, 2.05) is 0 Å². The first-order valence-corrected chi connectivity index (χ1v) is 6.23. The van der Waals surface area contributed by atoms with Crippen molar-refractivity contribution >= 4 is 5.69 Å². The van der Waals surface area contributed by atoms with Gasteiger partial charge in [-0.1, -0.05) is 56.3 Å². The van der Waals surface area contributed by atoms with Crippen molar-refractivity contribution in [3.8, 4) is 11.1 Å². The van der Waals surface area contributed by atoms with E-state index in [2.05, 4.69) is 56.3 Å². The van der Waals surface area contributed by atoms with Gasteiger partial charge in [-0.05, 0) is 29.5 Å². The molecule has 2 aromatic rings. The van der Waals surface area contributed by atoms with E-state index in [9.17, 15) is 0 Å². The zero-order valence-corrected chi connectivity index (χ0v) is 10.5. The van der Waals surface area contributed by atoms with Crippen LogP contribution in [-0.4, -0.2) is 0 Å². The minimum absolute atomic E-state index is 0.927. The Kier molecular flexibility index (Phi) is 3.48. The molecule has 0 bridgehead atoms. The third-order valence-electron chi connectivity index (χ3n) is 3.27. The van der Waals surface area contributed by atoms with Gasteiger partial charge in [-0.2, -0.15) is 0 Å². The molecule has 0 atom stereocenters. The smallest absolute Gasteiger partial charge is 0.0426 e. The standard InChI is InChI=1S/C16H19N/c1-3-12-8-5-6-10-14(12)15-11-7-9-13(4-2)16(15)17/h5-11H,3-4,17H2,1-2H3. The molecule has 88 valence electrons. The number of rotatable bonds is 3. The van der Waals surface area contributed by atoms with Crippen LogP contribution < -0.4 is 5.73 Å². The van der Waals surface area contributed by atoms with Crippen molar-refractivity contribution in [1.82, 2.24) is 0 Å². The molecule has 0 spiro atoms. The summed E-state index contributed by atoms with van der Waals surface area (Å²) in [5.74, 6) is 0. The summed E-state index contributed by atoms with van der Waals surface area (Å²) >= 11 is 0. The number of para-hydroxylation sites is 1. The molecule has 0 fully saturated rings. The fraction of sp³-hybridized carbons (Fsp3) is 0.250. The normalized spacial score (nSPS) is 10.5.